The number of rotatable bonds is 5. The van der Waals surface area contributed by atoms with Crippen LogP contribution in [0.1, 0.15) is 39.5 Å². The van der Waals surface area contributed by atoms with Crippen LogP contribution >= 0.6 is 0 Å². The molecule has 0 aromatic rings. The molecular weight excluding hydrogens is 256 g/mol. The van der Waals surface area contributed by atoms with E-state index in [1.807, 2.05) is 6.92 Å². The normalized spacial score (nSPS) is 32.9. The third kappa shape index (κ3) is 3.13. The van der Waals surface area contributed by atoms with E-state index < -0.39 is 11.5 Å². The number of carbonyl (C=O) groups is 1. The lowest BCUT2D eigenvalue weighted by molar-refractivity contribution is -0.140. The van der Waals surface area contributed by atoms with Crippen molar-refractivity contribution in [3.8, 4) is 0 Å². The average molecular weight is 282 g/mol. The van der Waals surface area contributed by atoms with E-state index in [0.717, 1.165) is 12.8 Å². The molecule has 20 heavy (non-hydrogen) atoms. The Balaban J connectivity index is 2.05. The molecule has 0 amide bonds. The van der Waals surface area contributed by atoms with Gasteiger partial charge in [-0.2, -0.15) is 0 Å². The van der Waals surface area contributed by atoms with Gasteiger partial charge in [0.05, 0.1) is 19.3 Å². The quantitative estimate of drug-likeness (QED) is 0.786. The highest BCUT2D eigenvalue weighted by Gasteiger charge is 2.42. The molecule has 0 aromatic heterocycles. The average Bonchev–Trinajstić information content (AvgIpc) is 2.92. The number of ketones is 1. The van der Waals surface area contributed by atoms with Gasteiger partial charge in [0.2, 0.25) is 0 Å². The van der Waals surface area contributed by atoms with Crippen molar-refractivity contribution in [3.63, 3.8) is 0 Å². The van der Waals surface area contributed by atoms with E-state index in [1.54, 1.807) is 6.08 Å². The first kappa shape index (κ1) is 15.7. The predicted molar refractivity (Wildman–Crippen MR) is 76.1 cm³/mol. The van der Waals surface area contributed by atoms with Crippen LogP contribution in [0.15, 0.2) is 12.7 Å². The van der Waals surface area contributed by atoms with E-state index in [-0.39, 0.29) is 23.9 Å². The Bertz CT molecular complexity index is 361. The van der Waals surface area contributed by atoms with Crippen molar-refractivity contribution in [2.75, 3.05) is 13.2 Å². The van der Waals surface area contributed by atoms with Gasteiger partial charge in [0.25, 0.3) is 0 Å². The number of hydrogen-bond acceptors (Lipinski definition) is 4. The molecule has 1 saturated heterocycles. The summed E-state index contributed by atoms with van der Waals surface area (Å²) in [4.78, 5) is 12.1. The molecule has 114 valence electrons. The first-order valence-corrected chi connectivity index (χ1v) is 7.55. The zero-order chi connectivity index (χ0) is 14.8. The fourth-order valence-corrected chi connectivity index (χ4v) is 3.45. The van der Waals surface area contributed by atoms with Crippen molar-refractivity contribution in [2.45, 2.75) is 51.9 Å². The van der Waals surface area contributed by atoms with Crippen molar-refractivity contribution in [2.24, 2.45) is 17.3 Å². The number of aliphatic hydroxyl groups excluding tert-OH is 1. The summed E-state index contributed by atoms with van der Waals surface area (Å²) in [6.45, 7) is 9.03. The Labute approximate surface area is 121 Å². The fourth-order valence-electron chi connectivity index (χ4n) is 3.45. The Hall–Kier alpha value is -0.710. The van der Waals surface area contributed by atoms with Crippen molar-refractivity contribution in [3.05, 3.63) is 12.7 Å². The molecule has 1 N–H and O–H groups in total. The van der Waals surface area contributed by atoms with Crippen LogP contribution in [0, 0.1) is 17.3 Å². The minimum atomic E-state index is -0.659. The molecule has 4 atom stereocenters. The van der Waals surface area contributed by atoms with Crippen molar-refractivity contribution in [1.82, 2.24) is 0 Å². The van der Waals surface area contributed by atoms with Crippen LogP contribution in [-0.2, 0) is 14.3 Å². The smallest absolute Gasteiger partial charge is 0.166 e. The molecule has 2 aliphatic rings. The summed E-state index contributed by atoms with van der Waals surface area (Å²) >= 11 is 0. The zero-order valence-electron chi connectivity index (χ0n) is 12.5. The molecule has 1 aliphatic heterocycles. The third-order valence-electron chi connectivity index (χ3n) is 4.76. The molecule has 0 aromatic carbocycles. The number of aliphatic hydroxyl groups is 1. The number of Topliss-reactive ketones (excluding diaryl/α,β-unsaturated/α-hetero) is 1. The van der Waals surface area contributed by atoms with Crippen LogP contribution in [0.5, 0.6) is 0 Å². The minimum Gasteiger partial charge on any atom is -0.392 e. The van der Waals surface area contributed by atoms with Gasteiger partial charge in [0.1, 0.15) is 5.78 Å². The van der Waals surface area contributed by atoms with E-state index in [0.29, 0.717) is 26.1 Å². The van der Waals surface area contributed by atoms with E-state index in [9.17, 15) is 9.90 Å². The number of carbonyl (C=O) groups excluding carboxylic acids is 1. The monoisotopic (exact) mass is 282 g/mol. The highest BCUT2D eigenvalue weighted by Crippen LogP contribution is 2.38. The minimum absolute atomic E-state index is 0.191. The van der Waals surface area contributed by atoms with Crippen molar-refractivity contribution >= 4 is 5.78 Å². The van der Waals surface area contributed by atoms with E-state index in [4.69, 9.17) is 9.47 Å². The van der Waals surface area contributed by atoms with Gasteiger partial charge in [-0.1, -0.05) is 19.9 Å². The lowest BCUT2D eigenvalue weighted by Gasteiger charge is -2.37. The van der Waals surface area contributed by atoms with Gasteiger partial charge in [-0.05, 0) is 25.2 Å². The van der Waals surface area contributed by atoms with Crippen LogP contribution in [0.3, 0.4) is 0 Å². The highest BCUT2D eigenvalue weighted by molar-refractivity contribution is 5.82. The van der Waals surface area contributed by atoms with Crippen LogP contribution in [0.25, 0.3) is 0 Å². The first-order chi connectivity index (χ1) is 9.48. The second-order valence-corrected chi connectivity index (χ2v) is 6.42. The van der Waals surface area contributed by atoms with Crippen LogP contribution in [0.4, 0.5) is 0 Å². The van der Waals surface area contributed by atoms with Gasteiger partial charge in [-0.15, -0.1) is 6.58 Å². The predicted octanol–water partition coefficient (Wildman–Crippen LogP) is 2.31. The fraction of sp³-hybridized carbons (Fsp3) is 0.812. The largest absolute Gasteiger partial charge is 0.392 e. The van der Waals surface area contributed by atoms with Gasteiger partial charge in [-0.25, -0.2) is 0 Å². The second-order valence-electron chi connectivity index (χ2n) is 6.42. The molecular formula is C16H26O4. The Morgan fingerprint density at radius 2 is 2.15 bits per heavy atom. The molecule has 2 fully saturated rings. The van der Waals surface area contributed by atoms with Gasteiger partial charge >= 0.3 is 0 Å². The number of ether oxygens (including phenoxy) is 2. The number of hydrogen-bond donors (Lipinski definition) is 1. The lowest BCUT2D eigenvalue weighted by Crippen LogP contribution is -2.42. The molecule has 0 spiro atoms. The molecule has 4 nitrogen and oxygen atoms in total. The van der Waals surface area contributed by atoms with Gasteiger partial charge in [0, 0.05) is 17.8 Å². The van der Waals surface area contributed by atoms with Gasteiger partial charge < -0.3 is 14.6 Å². The first-order valence-electron chi connectivity index (χ1n) is 7.55. The van der Waals surface area contributed by atoms with Crippen molar-refractivity contribution in [1.29, 1.82) is 0 Å². The Morgan fingerprint density at radius 1 is 1.50 bits per heavy atom. The molecule has 1 aliphatic carbocycles. The van der Waals surface area contributed by atoms with Gasteiger partial charge in [-0.3, -0.25) is 4.79 Å². The van der Waals surface area contributed by atoms with Crippen LogP contribution < -0.4 is 0 Å². The maximum atomic E-state index is 12.1. The molecule has 3 unspecified atom stereocenters. The summed E-state index contributed by atoms with van der Waals surface area (Å²) in [6, 6.07) is 0. The summed E-state index contributed by atoms with van der Waals surface area (Å²) in [7, 11) is 0. The molecule has 0 bridgehead atoms. The molecule has 0 radical (unpaired) electrons. The topological polar surface area (TPSA) is 55.8 Å². The second kappa shape index (κ2) is 6.37. The van der Waals surface area contributed by atoms with E-state index >= 15 is 0 Å². The lowest BCUT2D eigenvalue weighted by atomic mass is 9.71. The van der Waals surface area contributed by atoms with Crippen molar-refractivity contribution < 1.29 is 19.4 Å². The standard InChI is InChI=1S/C16H26O4/c1-4-16(3,15-19-8-9-20-15)10-13(18)14-11(2)6-5-7-12(14)17/h4,11,13-15,18H,1,5-10H2,2-3H3/t11-,13?,14?,16?/m1/s1. The summed E-state index contributed by atoms with van der Waals surface area (Å²) in [6.07, 6.45) is 3.74. The van der Waals surface area contributed by atoms with Crippen LogP contribution in [0.2, 0.25) is 0 Å². The zero-order valence-corrected chi connectivity index (χ0v) is 12.5. The molecule has 1 saturated carbocycles. The third-order valence-corrected chi connectivity index (χ3v) is 4.76. The summed E-state index contributed by atoms with van der Waals surface area (Å²) < 4.78 is 11.1. The molecule has 2 rings (SSSR count). The summed E-state index contributed by atoms with van der Waals surface area (Å²) in [5, 5.41) is 10.6. The van der Waals surface area contributed by atoms with Gasteiger partial charge in [0.15, 0.2) is 6.29 Å². The maximum Gasteiger partial charge on any atom is 0.166 e. The Kier molecular flexibility index (Phi) is 4.99. The highest BCUT2D eigenvalue weighted by atomic mass is 16.7. The SMILES string of the molecule is C=CC(C)(CC(O)C1C(=O)CCC[C@H]1C)C1OCCO1. The van der Waals surface area contributed by atoms with E-state index in [1.165, 1.54) is 0 Å². The molecule has 1 heterocycles. The van der Waals surface area contributed by atoms with E-state index in [2.05, 4.69) is 13.5 Å². The summed E-state index contributed by atoms with van der Waals surface area (Å²) in [5.74, 6) is 0.172. The Morgan fingerprint density at radius 3 is 2.70 bits per heavy atom. The molecule has 4 heteroatoms. The van der Waals surface area contributed by atoms with Crippen LogP contribution in [-0.4, -0.2) is 36.5 Å². The summed E-state index contributed by atoms with van der Waals surface area (Å²) in [5.41, 5.74) is -0.465. The maximum absolute atomic E-state index is 12.1.